The van der Waals surface area contributed by atoms with Crippen molar-refractivity contribution in [2.24, 2.45) is 0 Å². The Kier molecular flexibility index (Phi) is 4.30. The molecule has 1 heterocycles. The monoisotopic (exact) mass is 338 g/mol. The maximum absolute atomic E-state index is 6.31. The van der Waals surface area contributed by atoms with Gasteiger partial charge in [0.05, 0.1) is 6.10 Å². The molecule has 0 aromatic heterocycles. The quantitative estimate of drug-likeness (QED) is 0.776. The van der Waals surface area contributed by atoms with Gasteiger partial charge in [-0.2, -0.15) is 0 Å². The van der Waals surface area contributed by atoms with Crippen molar-refractivity contribution in [2.75, 3.05) is 0 Å². The molecular weight excluding hydrogens is 315 g/mol. The van der Waals surface area contributed by atoms with E-state index < -0.39 is 13.7 Å². The van der Waals surface area contributed by atoms with E-state index >= 15 is 0 Å². The molecule has 2 aromatic rings. The van der Waals surface area contributed by atoms with E-state index in [2.05, 4.69) is 66.7 Å². The molecule has 124 valence electrons. The minimum Gasteiger partial charge on any atom is -0.344 e. The topological polar surface area (TPSA) is 18.5 Å². The number of rotatable bonds is 3. The molecule has 0 radical (unpaired) electrons. The molecule has 0 spiro atoms. The van der Waals surface area contributed by atoms with Crippen molar-refractivity contribution in [2.45, 2.75) is 44.7 Å². The second-order valence-electron chi connectivity index (χ2n) is 6.81. The van der Waals surface area contributed by atoms with Crippen LogP contribution < -0.4 is 10.6 Å². The first-order valence-corrected chi connectivity index (χ1v) is 9.94. The lowest BCUT2D eigenvalue weighted by atomic mass is 10.0. The third-order valence-corrected chi connectivity index (χ3v) is 7.15. The molecule has 2 atom stereocenters. The predicted molar refractivity (Wildman–Crippen MR) is 100 cm³/mol. The van der Waals surface area contributed by atoms with Crippen molar-refractivity contribution in [3.8, 4) is 0 Å². The highest BCUT2D eigenvalue weighted by Crippen LogP contribution is 2.51. The molecule has 1 aliphatic heterocycles. The fourth-order valence-electron chi connectivity index (χ4n) is 3.63. The Morgan fingerprint density at radius 2 is 1.46 bits per heavy atom. The first-order chi connectivity index (χ1) is 11.6. The van der Waals surface area contributed by atoms with Crippen LogP contribution in [0.1, 0.15) is 26.7 Å². The van der Waals surface area contributed by atoms with Crippen LogP contribution in [0.15, 0.2) is 72.1 Å². The van der Waals surface area contributed by atoms with Crippen LogP contribution in [0, 0.1) is 0 Å². The van der Waals surface area contributed by atoms with E-state index in [1.807, 2.05) is 13.8 Å². The third kappa shape index (κ3) is 3.07. The average Bonchev–Trinajstić information content (AvgIpc) is 2.92. The molecule has 0 bridgehead atoms. The van der Waals surface area contributed by atoms with Crippen molar-refractivity contribution in [3.05, 3.63) is 72.1 Å². The Bertz CT molecular complexity index is 685. The van der Waals surface area contributed by atoms with Gasteiger partial charge >= 0.3 is 0 Å². The van der Waals surface area contributed by atoms with E-state index in [4.69, 9.17) is 9.47 Å². The maximum atomic E-state index is 6.31. The second kappa shape index (κ2) is 6.44. The second-order valence-corrected chi connectivity index (χ2v) is 9.03. The van der Waals surface area contributed by atoms with Gasteiger partial charge in [0, 0.05) is 0 Å². The summed E-state index contributed by atoms with van der Waals surface area (Å²) in [6.45, 7) is 4.05. The molecular formula is C21H23O2P. The lowest BCUT2D eigenvalue weighted by Crippen LogP contribution is -2.30. The highest BCUT2D eigenvalue weighted by Gasteiger charge is 2.46. The van der Waals surface area contributed by atoms with Crippen LogP contribution >= 0.6 is 7.92 Å². The zero-order valence-corrected chi connectivity index (χ0v) is 15.1. The molecule has 0 unspecified atom stereocenters. The molecule has 4 rings (SSSR count). The molecule has 1 aliphatic carbocycles. The van der Waals surface area contributed by atoms with Gasteiger partial charge in [-0.25, -0.2) is 0 Å². The van der Waals surface area contributed by atoms with Crippen molar-refractivity contribution in [3.63, 3.8) is 0 Å². The van der Waals surface area contributed by atoms with E-state index in [9.17, 15) is 0 Å². The average molecular weight is 338 g/mol. The summed E-state index contributed by atoms with van der Waals surface area (Å²) in [5.74, 6) is -0.493. The third-order valence-electron chi connectivity index (χ3n) is 4.57. The van der Waals surface area contributed by atoms with Crippen molar-refractivity contribution in [1.29, 1.82) is 0 Å². The summed E-state index contributed by atoms with van der Waals surface area (Å²) in [4.78, 5) is 0. The van der Waals surface area contributed by atoms with Crippen LogP contribution in [0.3, 0.4) is 0 Å². The Balaban J connectivity index is 1.78. The molecule has 0 N–H and O–H groups in total. The number of allylic oxidation sites excluding steroid dienone is 1. The first-order valence-electron chi connectivity index (χ1n) is 8.60. The summed E-state index contributed by atoms with van der Waals surface area (Å²) in [5.41, 5.74) is 0. The van der Waals surface area contributed by atoms with Crippen LogP contribution in [0.25, 0.3) is 0 Å². The minimum atomic E-state index is -0.586. The standard InChI is InChI=1S/C21H23O2P/c1-21(2)22-18-14-9-15-19(20(18)23-21)24(16-10-5-3-6-11-16)17-12-7-4-8-13-17/h3-8,10-13,15,18,20H,9,14H2,1-2H3/t18-,20-/m0/s1. The highest BCUT2D eigenvalue weighted by atomic mass is 31.1. The van der Waals surface area contributed by atoms with Crippen LogP contribution in [-0.2, 0) is 9.47 Å². The van der Waals surface area contributed by atoms with Gasteiger partial charge in [-0.3, -0.25) is 0 Å². The van der Waals surface area contributed by atoms with Gasteiger partial charge in [-0.1, -0.05) is 66.7 Å². The van der Waals surface area contributed by atoms with E-state index in [-0.39, 0.29) is 12.2 Å². The van der Waals surface area contributed by atoms with Crippen LogP contribution in [0.5, 0.6) is 0 Å². The Labute approximate surface area is 145 Å². The Hall–Kier alpha value is -1.47. The van der Waals surface area contributed by atoms with Crippen molar-refractivity contribution in [1.82, 2.24) is 0 Å². The Morgan fingerprint density at radius 3 is 2.04 bits per heavy atom. The summed E-state index contributed by atoms with van der Waals surface area (Å²) in [7, 11) is -0.586. The highest BCUT2D eigenvalue weighted by molar-refractivity contribution is 7.76. The molecule has 2 nitrogen and oxygen atoms in total. The summed E-state index contributed by atoms with van der Waals surface area (Å²) in [6, 6.07) is 21.6. The molecule has 0 amide bonds. The molecule has 1 saturated heterocycles. The number of hydrogen-bond acceptors (Lipinski definition) is 2. The van der Waals surface area contributed by atoms with E-state index in [1.165, 1.54) is 15.9 Å². The van der Waals surface area contributed by atoms with E-state index in [0.717, 1.165) is 12.8 Å². The van der Waals surface area contributed by atoms with Crippen molar-refractivity contribution < 1.29 is 9.47 Å². The SMILES string of the molecule is CC1(C)O[C@H]2CCC=C(P(c3ccccc3)c3ccccc3)[C@H]2O1. The maximum Gasteiger partial charge on any atom is 0.164 e. The minimum absolute atomic E-state index is 0.0697. The van der Waals surface area contributed by atoms with Crippen LogP contribution in [0.4, 0.5) is 0 Å². The number of benzene rings is 2. The summed E-state index contributed by atoms with van der Waals surface area (Å²) in [6.07, 6.45) is 4.76. The number of fused-ring (bicyclic) bond motifs is 1. The van der Waals surface area contributed by atoms with Crippen LogP contribution in [0.2, 0.25) is 0 Å². The van der Waals surface area contributed by atoms with Gasteiger partial charge in [-0.15, -0.1) is 0 Å². The van der Waals surface area contributed by atoms with Gasteiger partial charge in [-0.05, 0) is 50.5 Å². The van der Waals surface area contributed by atoms with Crippen LogP contribution in [-0.4, -0.2) is 18.0 Å². The molecule has 2 aliphatic rings. The van der Waals surface area contributed by atoms with Gasteiger partial charge < -0.3 is 9.47 Å². The molecule has 1 fully saturated rings. The smallest absolute Gasteiger partial charge is 0.164 e. The van der Waals surface area contributed by atoms with Gasteiger partial charge in [0.1, 0.15) is 6.10 Å². The van der Waals surface area contributed by atoms with Crippen molar-refractivity contribution >= 4 is 18.5 Å². The molecule has 3 heteroatoms. The summed E-state index contributed by atoms with van der Waals surface area (Å²) >= 11 is 0. The van der Waals surface area contributed by atoms with Gasteiger partial charge in [0.2, 0.25) is 0 Å². The van der Waals surface area contributed by atoms with E-state index in [1.54, 1.807) is 0 Å². The van der Waals surface area contributed by atoms with Gasteiger partial charge in [0.25, 0.3) is 0 Å². The largest absolute Gasteiger partial charge is 0.344 e. The fourth-order valence-corrected chi connectivity index (χ4v) is 6.25. The predicted octanol–water partition coefficient (Wildman–Crippen LogP) is 4.32. The fraction of sp³-hybridized carbons (Fsp3) is 0.333. The zero-order valence-electron chi connectivity index (χ0n) is 14.2. The normalized spacial score (nSPS) is 25.4. The summed E-state index contributed by atoms with van der Waals surface area (Å²) in [5, 5.41) is 4.15. The molecule has 0 saturated carbocycles. The summed E-state index contributed by atoms with van der Waals surface area (Å²) < 4.78 is 12.5. The Morgan fingerprint density at radius 1 is 0.875 bits per heavy atom. The number of ether oxygens (including phenoxy) is 2. The van der Waals surface area contributed by atoms with E-state index in [0.29, 0.717) is 0 Å². The zero-order chi connectivity index (χ0) is 16.6. The van der Waals surface area contributed by atoms with Gasteiger partial charge in [0.15, 0.2) is 5.79 Å². The first kappa shape index (κ1) is 16.0. The lowest BCUT2D eigenvalue weighted by molar-refractivity contribution is -0.143. The molecule has 24 heavy (non-hydrogen) atoms. The number of hydrogen-bond donors (Lipinski definition) is 0. The lowest BCUT2D eigenvalue weighted by Gasteiger charge is -2.31. The molecule has 2 aromatic carbocycles.